The van der Waals surface area contributed by atoms with E-state index in [0.717, 1.165) is 26.2 Å². The first-order chi connectivity index (χ1) is 11.1. The van der Waals surface area contributed by atoms with E-state index in [0.29, 0.717) is 24.7 Å². The van der Waals surface area contributed by atoms with Crippen LogP contribution in [-0.4, -0.2) is 54.6 Å². The van der Waals surface area contributed by atoms with Crippen molar-refractivity contribution in [3.8, 4) is 0 Å². The van der Waals surface area contributed by atoms with Crippen molar-refractivity contribution in [3.05, 3.63) is 35.4 Å². The Morgan fingerprint density at radius 2 is 2.17 bits per heavy atom. The van der Waals surface area contributed by atoms with Gasteiger partial charge in [-0.3, -0.25) is 4.90 Å². The number of morpholine rings is 1. The van der Waals surface area contributed by atoms with Gasteiger partial charge in [0, 0.05) is 32.7 Å². The van der Waals surface area contributed by atoms with Gasteiger partial charge in [0.1, 0.15) is 0 Å². The minimum atomic E-state index is 0.328. The lowest BCUT2D eigenvalue weighted by Gasteiger charge is -2.31. The molecule has 1 aliphatic carbocycles. The van der Waals surface area contributed by atoms with E-state index in [1.165, 1.54) is 24.0 Å². The van der Waals surface area contributed by atoms with Crippen molar-refractivity contribution in [2.24, 2.45) is 10.7 Å². The van der Waals surface area contributed by atoms with Crippen molar-refractivity contribution in [3.63, 3.8) is 0 Å². The summed E-state index contributed by atoms with van der Waals surface area (Å²) >= 11 is 0. The Bertz CT molecular complexity index is 556. The first-order valence-electron chi connectivity index (χ1n) is 8.56. The van der Waals surface area contributed by atoms with Crippen molar-refractivity contribution >= 4 is 5.96 Å². The van der Waals surface area contributed by atoms with Gasteiger partial charge in [0.05, 0.1) is 19.3 Å². The van der Waals surface area contributed by atoms with Crippen LogP contribution in [-0.2, 0) is 17.8 Å². The number of aliphatic imine (C=N–C) groups is 1. The van der Waals surface area contributed by atoms with Gasteiger partial charge in [-0.25, -0.2) is 4.99 Å². The van der Waals surface area contributed by atoms with E-state index in [1.54, 1.807) is 0 Å². The summed E-state index contributed by atoms with van der Waals surface area (Å²) in [5.41, 5.74) is 8.62. The van der Waals surface area contributed by atoms with Crippen LogP contribution < -0.4 is 5.73 Å². The molecule has 2 aliphatic rings. The summed E-state index contributed by atoms with van der Waals surface area (Å²) in [6, 6.07) is 9.28. The Morgan fingerprint density at radius 1 is 1.39 bits per heavy atom. The number of hydrogen-bond acceptors (Lipinski definition) is 3. The van der Waals surface area contributed by atoms with E-state index in [-0.39, 0.29) is 0 Å². The van der Waals surface area contributed by atoms with Crippen LogP contribution in [0, 0.1) is 0 Å². The molecule has 1 saturated heterocycles. The standard InChI is InChI=1S/C18H28N4O/c1-14-12-22(8-9-23-14)13-16-5-3-4-15(10-16)11-20-18(19)21(2)17-6-7-17/h3-5,10,14,17H,6-9,11-13H2,1-2H3,(H2,19,20). The second-order valence-electron chi connectivity index (χ2n) is 6.75. The maximum absolute atomic E-state index is 6.06. The lowest BCUT2D eigenvalue weighted by molar-refractivity contribution is -0.0212. The number of guanidine groups is 1. The molecular weight excluding hydrogens is 288 g/mol. The van der Waals surface area contributed by atoms with Crippen LogP contribution in [0.5, 0.6) is 0 Å². The highest BCUT2D eigenvalue weighted by molar-refractivity contribution is 5.78. The highest BCUT2D eigenvalue weighted by Crippen LogP contribution is 2.25. The fraction of sp³-hybridized carbons (Fsp3) is 0.611. The van der Waals surface area contributed by atoms with Gasteiger partial charge < -0.3 is 15.4 Å². The lowest BCUT2D eigenvalue weighted by atomic mass is 10.1. The smallest absolute Gasteiger partial charge is 0.191 e. The molecule has 5 heteroatoms. The maximum Gasteiger partial charge on any atom is 0.191 e. The van der Waals surface area contributed by atoms with Crippen LogP contribution in [0.2, 0.25) is 0 Å². The van der Waals surface area contributed by atoms with E-state index in [2.05, 4.69) is 46.0 Å². The molecule has 0 spiro atoms. The predicted octanol–water partition coefficient (Wildman–Crippen LogP) is 1.82. The molecule has 0 aromatic heterocycles. The lowest BCUT2D eigenvalue weighted by Crippen LogP contribution is -2.40. The number of benzene rings is 1. The molecule has 1 saturated carbocycles. The van der Waals surface area contributed by atoms with Crippen LogP contribution in [0.1, 0.15) is 30.9 Å². The molecule has 0 amide bonds. The summed E-state index contributed by atoms with van der Waals surface area (Å²) in [5.74, 6) is 0.653. The van der Waals surface area contributed by atoms with Crippen molar-refractivity contribution in [1.82, 2.24) is 9.80 Å². The van der Waals surface area contributed by atoms with Crippen LogP contribution in [0.25, 0.3) is 0 Å². The van der Waals surface area contributed by atoms with Crippen LogP contribution in [0.4, 0.5) is 0 Å². The zero-order chi connectivity index (χ0) is 16.2. The zero-order valence-electron chi connectivity index (χ0n) is 14.2. The molecule has 5 nitrogen and oxygen atoms in total. The fourth-order valence-electron chi connectivity index (χ4n) is 3.05. The number of ether oxygens (including phenoxy) is 1. The number of nitrogens with zero attached hydrogens (tertiary/aromatic N) is 3. The average Bonchev–Trinajstić information content (AvgIpc) is 3.37. The zero-order valence-corrected chi connectivity index (χ0v) is 14.2. The SMILES string of the molecule is CC1CN(Cc2cccc(CN=C(N)N(C)C3CC3)c2)CCO1. The van der Waals surface area contributed by atoms with E-state index >= 15 is 0 Å². The number of nitrogens with two attached hydrogens (primary N) is 1. The van der Waals surface area contributed by atoms with E-state index in [1.807, 2.05) is 7.05 Å². The van der Waals surface area contributed by atoms with Crippen LogP contribution >= 0.6 is 0 Å². The molecule has 0 bridgehead atoms. The van der Waals surface area contributed by atoms with E-state index in [9.17, 15) is 0 Å². The summed E-state index contributed by atoms with van der Waals surface area (Å²) in [4.78, 5) is 9.09. The summed E-state index contributed by atoms with van der Waals surface area (Å²) in [7, 11) is 2.03. The highest BCUT2D eigenvalue weighted by atomic mass is 16.5. The quantitative estimate of drug-likeness (QED) is 0.665. The third-order valence-electron chi connectivity index (χ3n) is 4.60. The minimum Gasteiger partial charge on any atom is -0.376 e. The molecule has 1 heterocycles. The Morgan fingerprint density at radius 3 is 2.91 bits per heavy atom. The Hall–Kier alpha value is -1.59. The van der Waals surface area contributed by atoms with Gasteiger partial charge in [0.15, 0.2) is 5.96 Å². The van der Waals surface area contributed by atoms with Gasteiger partial charge in [-0.15, -0.1) is 0 Å². The van der Waals surface area contributed by atoms with Gasteiger partial charge in [0.25, 0.3) is 0 Å². The Labute approximate surface area is 139 Å². The highest BCUT2D eigenvalue weighted by Gasteiger charge is 2.27. The van der Waals surface area contributed by atoms with Crippen molar-refractivity contribution in [2.45, 2.75) is 45.0 Å². The van der Waals surface area contributed by atoms with Gasteiger partial charge in [-0.05, 0) is 30.9 Å². The van der Waals surface area contributed by atoms with Crippen molar-refractivity contribution < 1.29 is 4.74 Å². The largest absolute Gasteiger partial charge is 0.376 e. The summed E-state index contributed by atoms with van der Waals surface area (Å²) in [5, 5.41) is 0. The number of rotatable bonds is 5. The molecule has 23 heavy (non-hydrogen) atoms. The maximum atomic E-state index is 6.06. The fourth-order valence-corrected chi connectivity index (χ4v) is 3.05. The molecule has 0 radical (unpaired) electrons. The summed E-state index contributed by atoms with van der Waals surface area (Å²) in [6.45, 7) is 6.60. The third-order valence-corrected chi connectivity index (χ3v) is 4.60. The first-order valence-corrected chi connectivity index (χ1v) is 8.56. The van der Waals surface area contributed by atoms with Crippen LogP contribution in [0.3, 0.4) is 0 Å². The van der Waals surface area contributed by atoms with Gasteiger partial charge in [-0.1, -0.05) is 24.3 Å². The topological polar surface area (TPSA) is 54.1 Å². The Kier molecular flexibility index (Phi) is 5.18. The average molecular weight is 316 g/mol. The summed E-state index contributed by atoms with van der Waals surface area (Å²) in [6.07, 6.45) is 2.80. The van der Waals surface area contributed by atoms with Gasteiger partial charge in [-0.2, -0.15) is 0 Å². The predicted molar refractivity (Wildman–Crippen MR) is 93.2 cm³/mol. The van der Waals surface area contributed by atoms with Crippen molar-refractivity contribution in [1.29, 1.82) is 0 Å². The molecular formula is C18H28N4O. The molecule has 1 atom stereocenters. The molecule has 1 aromatic carbocycles. The van der Waals surface area contributed by atoms with Crippen molar-refractivity contribution in [2.75, 3.05) is 26.7 Å². The second kappa shape index (κ2) is 7.32. The second-order valence-corrected chi connectivity index (χ2v) is 6.75. The first kappa shape index (κ1) is 16.3. The Balaban J connectivity index is 1.57. The molecule has 1 aliphatic heterocycles. The molecule has 1 aromatic rings. The third kappa shape index (κ3) is 4.69. The van der Waals surface area contributed by atoms with E-state index in [4.69, 9.17) is 10.5 Å². The van der Waals surface area contributed by atoms with E-state index < -0.39 is 0 Å². The minimum absolute atomic E-state index is 0.328. The summed E-state index contributed by atoms with van der Waals surface area (Å²) < 4.78 is 5.60. The van der Waals surface area contributed by atoms with Crippen LogP contribution in [0.15, 0.2) is 29.3 Å². The van der Waals surface area contributed by atoms with Gasteiger partial charge in [0.2, 0.25) is 0 Å². The molecule has 2 N–H and O–H groups in total. The molecule has 2 fully saturated rings. The number of hydrogen-bond donors (Lipinski definition) is 1. The van der Waals surface area contributed by atoms with Gasteiger partial charge >= 0.3 is 0 Å². The molecule has 3 rings (SSSR count). The molecule has 1 unspecified atom stereocenters. The monoisotopic (exact) mass is 316 g/mol. The molecule has 126 valence electrons. The normalized spacial score (nSPS) is 23.0.